The first-order valence-corrected chi connectivity index (χ1v) is 9.75. The van der Waals surface area contributed by atoms with Crippen molar-refractivity contribution >= 4 is 23.4 Å². The average molecular weight is 381 g/mol. The van der Waals surface area contributed by atoms with Gasteiger partial charge in [-0.15, -0.1) is 0 Å². The molecule has 6 heteroatoms. The molecule has 0 atom stereocenters. The van der Waals surface area contributed by atoms with Gasteiger partial charge >= 0.3 is 6.09 Å². The second-order valence-corrected chi connectivity index (χ2v) is 7.09. The van der Waals surface area contributed by atoms with E-state index in [0.29, 0.717) is 12.1 Å². The van der Waals surface area contributed by atoms with Crippen LogP contribution in [0.3, 0.4) is 0 Å². The Kier molecular flexibility index (Phi) is 6.66. The molecule has 0 radical (unpaired) electrons. The molecule has 28 heavy (non-hydrogen) atoms. The molecule has 0 aliphatic carbocycles. The Hall–Kier alpha value is -2.86. The highest BCUT2D eigenvalue weighted by Crippen LogP contribution is 2.26. The van der Waals surface area contributed by atoms with E-state index in [2.05, 4.69) is 34.5 Å². The number of amides is 2. The van der Waals surface area contributed by atoms with Crippen molar-refractivity contribution in [2.75, 3.05) is 23.3 Å². The van der Waals surface area contributed by atoms with Crippen LogP contribution in [0.4, 0.5) is 16.2 Å². The van der Waals surface area contributed by atoms with Gasteiger partial charge in [0, 0.05) is 43.5 Å². The highest BCUT2D eigenvalue weighted by molar-refractivity contribution is 5.94. The number of rotatable bonds is 6. The minimum absolute atomic E-state index is 0.0976. The van der Waals surface area contributed by atoms with Gasteiger partial charge < -0.3 is 10.0 Å². The SMILES string of the molecule is CCC(=O)N(c1ccc(NC(=O)O)cc1)C1CCN(Cc2ccccc2)CC1. The molecule has 1 saturated heterocycles. The number of carboxylic acid groups (broad SMARTS) is 1. The molecule has 0 unspecified atom stereocenters. The van der Waals surface area contributed by atoms with E-state index in [9.17, 15) is 9.59 Å². The topological polar surface area (TPSA) is 72.9 Å². The normalized spacial score (nSPS) is 15.2. The first-order chi connectivity index (χ1) is 13.6. The Morgan fingerprint density at radius 1 is 1.07 bits per heavy atom. The maximum atomic E-state index is 12.6. The van der Waals surface area contributed by atoms with Gasteiger partial charge in [0.1, 0.15) is 0 Å². The van der Waals surface area contributed by atoms with Gasteiger partial charge in [0.25, 0.3) is 0 Å². The first kappa shape index (κ1) is 19.9. The predicted octanol–water partition coefficient (Wildman–Crippen LogP) is 4.18. The van der Waals surface area contributed by atoms with Crippen LogP contribution < -0.4 is 10.2 Å². The Labute approximate surface area is 165 Å². The Morgan fingerprint density at radius 3 is 2.29 bits per heavy atom. The minimum Gasteiger partial charge on any atom is -0.465 e. The summed E-state index contributed by atoms with van der Waals surface area (Å²) in [6.07, 6.45) is 1.20. The summed E-state index contributed by atoms with van der Waals surface area (Å²) in [7, 11) is 0. The number of nitrogens with one attached hydrogen (secondary N) is 1. The molecular weight excluding hydrogens is 354 g/mol. The Balaban J connectivity index is 1.66. The molecule has 6 nitrogen and oxygen atoms in total. The number of carbonyl (C=O) groups excluding carboxylic acids is 1. The molecule has 1 heterocycles. The van der Waals surface area contributed by atoms with Crippen LogP contribution in [-0.2, 0) is 11.3 Å². The third-order valence-corrected chi connectivity index (χ3v) is 5.14. The molecule has 148 valence electrons. The molecule has 1 aliphatic rings. The van der Waals surface area contributed by atoms with E-state index >= 15 is 0 Å². The molecule has 3 rings (SSSR count). The molecule has 0 spiro atoms. The van der Waals surface area contributed by atoms with E-state index in [-0.39, 0.29) is 11.9 Å². The van der Waals surface area contributed by atoms with E-state index in [1.54, 1.807) is 12.1 Å². The van der Waals surface area contributed by atoms with Crippen molar-refractivity contribution in [1.82, 2.24) is 4.90 Å². The van der Waals surface area contributed by atoms with Gasteiger partial charge in [-0.25, -0.2) is 4.79 Å². The molecule has 2 N–H and O–H groups in total. The van der Waals surface area contributed by atoms with Crippen LogP contribution in [0.1, 0.15) is 31.7 Å². The molecule has 0 saturated carbocycles. The van der Waals surface area contributed by atoms with Crippen LogP contribution in [0.5, 0.6) is 0 Å². The van der Waals surface area contributed by atoms with Crippen molar-refractivity contribution in [3.63, 3.8) is 0 Å². The van der Waals surface area contributed by atoms with Crippen LogP contribution in [0.15, 0.2) is 54.6 Å². The number of piperidine rings is 1. The van der Waals surface area contributed by atoms with E-state index in [1.165, 1.54) is 5.56 Å². The molecule has 0 bridgehead atoms. The summed E-state index contributed by atoms with van der Waals surface area (Å²) in [5.74, 6) is 0.0976. The lowest BCUT2D eigenvalue weighted by atomic mass is 10.0. The van der Waals surface area contributed by atoms with E-state index in [0.717, 1.165) is 38.2 Å². The second-order valence-electron chi connectivity index (χ2n) is 7.09. The van der Waals surface area contributed by atoms with Gasteiger partial charge in [-0.2, -0.15) is 0 Å². The molecule has 0 aromatic heterocycles. The third kappa shape index (κ3) is 5.10. The largest absolute Gasteiger partial charge is 0.465 e. The number of carbonyl (C=O) groups is 2. The molecule has 1 aliphatic heterocycles. The third-order valence-electron chi connectivity index (χ3n) is 5.14. The lowest BCUT2D eigenvalue weighted by Crippen LogP contribution is -2.47. The summed E-state index contributed by atoms with van der Waals surface area (Å²) in [5, 5.41) is 11.2. The van der Waals surface area contributed by atoms with Crippen molar-refractivity contribution < 1.29 is 14.7 Å². The van der Waals surface area contributed by atoms with Gasteiger partial charge in [0.05, 0.1) is 0 Å². The monoisotopic (exact) mass is 381 g/mol. The first-order valence-electron chi connectivity index (χ1n) is 9.75. The quantitative estimate of drug-likeness (QED) is 0.787. The van der Waals surface area contributed by atoms with Crippen LogP contribution in [0.25, 0.3) is 0 Å². The highest BCUT2D eigenvalue weighted by atomic mass is 16.4. The molecule has 2 aromatic rings. The second kappa shape index (κ2) is 9.37. The van der Waals surface area contributed by atoms with Crippen molar-refractivity contribution in [3.05, 3.63) is 60.2 Å². The number of nitrogens with zero attached hydrogens (tertiary/aromatic N) is 2. The van der Waals surface area contributed by atoms with Crippen molar-refractivity contribution in [2.24, 2.45) is 0 Å². The van der Waals surface area contributed by atoms with Crippen molar-refractivity contribution in [3.8, 4) is 0 Å². The van der Waals surface area contributed by atoms with Gasteiger partial charge in [0.15, 0.2) is 0 Å². The van der Waals surface area contributed by atoms with Crippen LogP contribution in [-0.4, -0.2) is 41.1 Å². The van der Waals surface area contributed by atoms with E-state index < -0.39 is 6.09 Å². The van der Waals surface area contributed by atoms with E-state index in [4.69, 9.17) is 5.11 Å². The fourth-order valence-electron chi connectivity index (χ4n) is 3.73. The van der Waals surface area contributed by atoms with Gasteiger partial charge in [-0.1, -0.05) is 37.3 Å². The number of anilines is 2. The maximum Gasteiger partial charge on any atom is 0.409 e. The number of benzene rings is 2. The molecule has 1 fully saturated rings. The van der Waals surface area contributed by atoms with Gasteiger partial charge in [0.2, 0.25) is 5.91 Å². The zero-order valence-corrected chi connectivity index (χ0v) is 16.2. The smallest absolute Gasteiger partial charge is 0.409 e. The summed E-state index contributed by atoms with van der Waals surface area (Å²) in [6, 6.07) is 17.6. The molecule has 2 aromatic carbocycles. The fraction of sp³-hybridized carbons (Fsp3) is 0.364. The van der Waals surface area contributed by atoms with Crippen molar-refractivity contribution in [2.45, 2.75) is 38.8 Å². The van der Waals surface area contributed by atoms with Crippen molar-refractivity contribution in [1.29, 1.82) is 0 Å². The van der Waals surface area contributed by atoms with Crippen LogP contribution in [0.2, 0.25) is 0 Å². The molecule has 2 amide bonds. The average Bonchev–Trinajstić information content (AvgIpc) is 2.71. The van der Waals surface area contributed by atoms with E-state index in [1.807, 2.05) is 30.0 Å². The Morgan fingerprint density at radius 2 is 1.71 bits per heavy atom. The summed E-state index contributed by atoms with van der Waals surface area (Å²) in [4.78, 5) is 27.7. The number of hydrogen-bond donors (Lipinski definition) is 2. The fourth-order valence-corrected chi connectivity index (χ4v) is 3.73. The summed E-state index contributed by atoms with van der Waals surface area (Å²) in [5.41, 5.74) is 2.63. The summed E-state index contributed by atoms with van der Waals surface area (Å²) in [6.45, 7) is 4.71. The highest BCUT2D eigenvalue weighted by Gasteiger charge is 2.28. The predicted molar refractivity (Wildman–Crippen MR) is 111 cm³/mol. The Bertz CT molecular complexity index is 784. The number of likely N-dealkylation sites (tertiary alicyclic amines) is 1. The lowest BCUT2D eigenvalue weighted by molar-refractivity contribution is -0.119. The standard InChI is InChI=1S/C22H27N3O3/c1-2-21(26)25(19-10-8-18(9-11-19)23-22(27)28)20-12-14-24(15-13-20)16-17-6-4-3-5-7-17/h3-11,20,23H,2,12-16H2,1H3,(H,27,28). The lowest BCUT2D eigenvalue weighted by Gasteiger charge is -2.38. The zero-order valence-electron chi connectivity index (χ0n) is 16.2. The van der Waals surface area contributed by atoms with Crippen LogP contribution in [0, 0.1) is 0 Å². The molecular formula is C22H27N3O3. The maximum absolute atomic E-state index is 12.6. The van der Waals surface area contributed by atoms with Gasteiger partial charge in [-0.3, -0.25) is 15.0 Å². The summed E-state index contributed by atoms with van der Waals surface area (Å²) >= 11 is 0. The zero-order chi connectivity index (χ0) is 19.9. The van der Waals surface area contributed by atoms with Gasteiger partial charge in [-0.05, 0) is 42.7 Å². The minimum atomic E-state index is -1.10. The number of hydrogen-bond acceptors (Lipinski definition) is 3. The summed E-state index contributed by atoms with van der Waals surface area (Å²) < 4.78 is 0. The van der Waals surface area contributed by atoms with Crippen LogP contribution >= 0.6 is 0 Å².